The monoisotopic (exact) mass is 428 g/mol. The summed E-state index contributed by atoms with van der Waals surface area (Å²) in [5.74, 6) is 1.73. The van der Waals surface area contributed by atoms with Crippen molar-refractivity contribution < 1.29 is 19.1 Å². The zero-order valence-corrected chi connectivity index (χ0v) is 18.4. The third-order valence-electron chi connectivity index (χ3n) is 5.05. The highest BCUT2D eigenvalue weighted by atomic mass is 16.5. The first kappa shape index (κ1) is 22.8. The number of aliphatic hydroxyl groups is 1. The quantitative estimate of drug-likeness (QED) is 0.380. The molecule has 0 bridgehead atoms. The van der Waals surface area contributed by atoms with Gasteiger partial charge in [-0.25, -0.2) is 4.99 Å². The van der Waals surface area contributed by atoms with Crippen molar-refractivity contribution in [1.82, 2.24) is 10.6 Å². The van der Waals surface area contributed by atoms with Crippen molar-refractivity contribution in [1.29, 1.82) is 0 Å². The Balaban J connectivity index is 1.60. The van der Waals surface area contributed by atoms with Crippen LogP contribution in [0.15, 0.2) is 45.8 Å². The number of carbonyl (C=O) groups excluding carboxylic acids is 1. The lowest BCUT2D eigenvalue weighted by molar-refractivity contribution is -0.124. The van der Waals surface area contributed by atoms with Crippen molar-refractivity contribution >= 4 is 17.6 Å². The second kappa shape index (κ2) is 10.5. The third kappa shape index (κ3) is 6.57. The Bertz CT molecular complexity index is 900. The molecule has 31 heavy (non-hydrogen) atoms. The molecule has 2 heterocycles. The molecule has 0 aliphatic carbocycles. The van der Waals surface area contributed by atoms with Crippen LogP contribution in [-0.2, 0) is 21.7 Å². The second-order valence-electron chi connectivity index (χ2n) is 7.92. The Hall–Kier alpha value is -2.84. The lowest BCUT2D eigenvalue weighted by Gasteiger charge is -2.22. The van der Waals surface area contributed by atoms with E-state index in [9.17, 15) is 9.90 Å². The first-order valence-corrected chi connectivity index (χ1v) is 10.7. The van der Waals surface area contributed by atoms with Crippen LogP contribution >= 0.6 is 0 Å². The molecule has 2 atom stereocenters. The number of amides is 1. The van der Waals surface area contributed by atoms with Crippen LogP contribution in [0.25, 0.3) is 0 Å². The van der Waals surface area contributed by atoms with Crippen molar-refractivity contribution in [3.05, 3.63) is 53.5 Å². The molecule has 1 aliphatic rings. The fourth-order valence-electron chi connectivity index (χ4n) is 3.33. The van der Waals surface area contributed by atoms with E-state index in [0.717, 1.165) is 29.9 Å². The molecule has 0 spiro atoms. The molecule has 168 valence electrons. The molecular weight excluding hydrogens is 396 g/mol. The second-order valence-corrected chi connectivity index (χ2v) is 7.92. The van der Waals surface area contributed by atoms with Crippen molar-refractivity contribution in [2.75, 3.05) is 25.0 Å². The highest BCUT2D eigenvalue weighted by Crippen LogP contribution is 2.22. The minimum absolute atomic E-state index is 0.108. The number of nitrogens with zero attached hydrogens (tertiary/aromatic N) is 1. The van der Waals surface area contributed by atoms with Crippen LogP contribution in [0.5, 0.6) is 0 Å². The molecule has 4 N–H and O–H groups in total. The summed E-state index contributed by atoms with van der Waals surface area (Å²) in [6.45, 7) is 7.50. The third-order valence-corrected chi connectivity index (χ3v) is 5.05. The van der Waals surface area contributed by atoms with Crippen molar-refractivity contribution in [3.63, 3.8) is 0 Å². The van der Waals surface area contributed by atoms with Crippen LogP contribution in [0, 0.1) is 6.92 Å². The van der Waals surface area contributed by atoms with E-state index in [-0.39, 0.29) is 18.6 Å². The minimum Gasteiger partial charge on any atom is -0.463 e. The lowest BCUT2D eigenvalue weighted by atomic mass is 10.0. The van der Waals surface area contributed by atoms with E-state index in [2.05, 4.69) is 20.9 Å². The zero-order chi connectivity index (χ0) is 22.3. The molecule has 1 aliphatic heterocycles. The number of aryl methyl sites for hydroxylation is 1. The van der Waals surface area contributed by atoms with E-state index in [0.29, 0.717) is 31.4 Å². The molecule has 1 amide bonds. The molecule has 3 rings (SSSR count). The number of hydrogen-bond acceptors (Lipinski definition) is 5. The van der Waals surface area contributed by atoms with E-state index in [1.807, 2.05) is 44.2 Å². The number of furan rings is 1. The number of hydrogen-bond donors (Lipinski definition) is 4. The number of ether oxygens (including phenoxy) is 1. The molecule has 0 saturated carbocycles. The first-order valence-electron chi connectivity index (χ1n) is 10.7. The van der Waals surface area contributed by atoms with Crippen LogP contribution < -0.4 is 16.0 Å². The summed E-state index contributed by atoms with van der Waals surface area (Å²) in [6, 6.07) is 11.2. The molecule has 0 radical (unpaired) electrons. The molecule has 1 saturated heterocycles. The van der Waals surface area contributed by atoms with Crippen LogP contribution in [0.3, 0.4) is 0 Å². The van der Waals surface area contributed by atoms with Gasteiger partial charge in [-0.15, -0.1) is 0 Å². The fourth-order valence-corrected chi connectivity index (χ4v) is 3.33. The van der Waals surface area contributed by atoms with Crippen LogP contribution in [0.1, 0.15) is 43.8 Å². The van der Waals surface area contributed by atoms with E-state index in [4.69, 9.17) is 9.15 Å². The molecule has 8 heteroatoms. The summed E-state index contributed by atoms with van der Waals surface area (Å²) in [4.78, 5) is 16.9. The smallest absolute Gasteiger partial charge is 0.253 e. The highest BCUT2D eigenvalue weighted by molar-refractivity contribution is 5.94. The Morgan fingerprint density at radius 1 is 1.29 bits per heavy atom. The number of anilines is 1. The molecule has 2 unspecified atom stereocenters. The van der Waals surface area contributed by atoms with Gasteiger partial charge in [0, 0.05) is 18.8 Å². The number of nitrogens with one attached hydrogen (secondary N) is 3. The molecular formula is C23H32N4O4. The summed E-state index contributed by atoms with van der Waals surface area (Å²) in [5, 5.41) is 20.0. The maximum Gasteiger partial charge on any atom is 0.253 e. The average molecular weight is 429 g/mol. The van der Waals surface area contributed by atoms with E-state index >= 15 is 0 Å². The van der Waals surface area contributed by atoms with Gasteiger partial charge in [-0.3, -0.25) is 4.79 Å². The Morgan fingerprint density at radius 3 is 2.81 bits per heavy atom. The summed E-state index contributed by atoms with van der Waals surface area (Å²) in [6.07, 6.45) is 1.31. The molecule has 2 aromatic rings. The summed E-state index contributed by atoms with van der Waals surface area (Å²) in [5.41, 5.74) is 0.509. The van der Waals surface area contributed by atoms with E-state index in [1.165, 1.54) is 0 Å². The van der Waals surface area contributed by atoms with Crippen molar-refractivity contribution in [2.45, 2.75) is 51.9 Å². The van der Waals surface area contributed by atoms with E-state index in [1.54, 1.807) is 13.0 Å². The summed E-state index contributed by atoms with van der Waals surface area (Å²) >= 11 is 0. The largest absolute Gasteiger partial charge is 0.463 e. The van der Waals surface area contributed by atoms with Gasteiger partial charge < -0.3 is 30.2 Å². The number of rotatable bonds is 8. The summed E-state index contributed by atoms with van der Waals surface area (Å²) in [7, 11) is 0. The van der Waals surface area contributed by atoms with Gasteiger partial charge in [0.1, 0.15) is 23.2 Å². The zero-order valence-electron chi connectivity index (χ0n) is 18.4. The summed E-state index contributed by atoms with van der Waals surface area (Å²) < 4.78 is 11.0. The average Bonchev–Trinajstić information content (AvgIpc) is 3.43. The van der Waals surface area contributed by atoms with Gasteiger partial charge in [-0.1, -0.05) is 12.1 Å². The standard InChI is InChI=1S/C23H32N4O4/c1-4-24-22(26-15-23(3,29)20-11-10-16(2)31-20)25-14-17-7-5-8-18(13-17)27-21(28)19-9-6-12-30-19/h5,7-8,10-11,13,19,29H,4,6,9,12,14-15H2,1-3H3,(H,27,28)(H2,24,25,26). The van der Waals surface area contributed by atoms with Gasteiger partial charge in [0.05, 0.1) is 13.1 Å². The maximum absolute atomic E-state index is 12.3. The normalized spacial score (nSPS) is 18.5. The van der Waals surface area contributed by atoms with Gasteiger partial charge in [0.15, 0.2) is 5.96 Å². The first-order chi connectivity index (χ1) is 14.9. The molecule has 1 fully saturated rings. The Kier molecular flexibility index (Phi) is 7.70. The highest BCUT2D eigenvalue weighted by Gasteiger charge is 2.27. The number of guanidine groups is 1. The van der Waals surface area contributed by atoms with Gasteiger partial charge in [0.25, 0.3) is 5.91 Å². The number of benzene rings is 1. The predicted octanol–water partition coefficient (Wildman–Crippen LogP) is 2.67. The van der Waals surface area contributed by atoms with Crippen LogP contribution in [-0.4, -0.2) is 42.8 Å². The SMILES string of the molecule is CCNC(=NCc1cccc(NC(=O)C2CCCO2)c1)NCC(C)(O)c1ccc(C)o1. The number of aliphatic imine (C=N–C) groups is 1. The van der Waals surface area contributed by atoms with Crippen molar-refractivity contribution in [3.8, 4) is 0 Å². The van der Waals surface area contributed by atoms with Gasteiger partial charge in [-0.2, -0.15) is 0 Å². The maximum atomic E-state index is 12.3. The van der Waals surface area contributed by atoms with Gasteiger partial charge in [0.2, 0.25) is 0 Å². The Labute approximate surface area is 183 Å². The number of carbonyl (C=O) groups is 1. The fraction of sp³-hybridized carbons (Fsp3) is 0.478. The molecule has 1 aromatic carbocycles. The lowest BCUT2D eigenvalue weighted by Crippen LogP contribution is -2.44. The minimum atomic E-state index is -1.17. The van der Waals surface area contributed by atoms with Crippen LogP contribution in [0.4, 0.5) is 5.69 Å². The predicted molar refractivity (Wildman–Crippen MR) is 120 cm³/mol. The molecule has 1 aromatic heterocycles. The molecule has 8 nitrogen and oxygen atoms in total. The van der Waals surface area contributed by atoms with E-state index < -0.39 is 5.60 Å². The van der Waals surface area contributed by atoms with Crippen molar-refractivity contribution in [2.24, 2.45) is 4.99 Å². The Morgan fingerprint density at radius 2 is 2.13 bits per heavy atom. The topological polar surface area (TPSA) is 108 Å². The van der Waals surface area contributed by atoms with Crippen LogP contribution in [0.2, 0.25) is 0 Å². The van der Waals surface area contributed by atoms with Gasteiger partial charge in [-0.05, 0) is 63.4 Å². The van der Waals surface area contributed by atoms with Gasteiger partial charge >= 0.3 is 0 Å².